The van der Waals surface area contributed by atoms with Crippen LogP contribution in [-0.4, -0.2) is 51.5 Å². The third-order valence-electron chi connectivity index (χ3n) is 2.10. The molecule has 2 unspecified atom stereocenters. The molecule has 0 N–H and O–H groups in total. The fourth-order valence-corrected chi connectivity index (χ4v) is 3.00. The van der Waals surface area contributed by atoms with Crippen molar-refractivity contribution in [3.8, 4) is 0 Å². The summed E-state index contributed by atoms with van der Waals surface area (Å²) in [5.41, 5.74) is 0.0168. The van der Waals surface area contributed by atoms with Crippen molar-refractivity contribution in [3.63, 3.8) is 0 Å². The number of hydrogen-bond acceptors (Lipinski definition) is 6. The van der Waals surface area contributed by atoms with E-state index < -0.39 is 0 Å². The Balaban J connectivity index is 0. The monoisotopic (exact) mass is 393 g/mol. The van der Waals surface area contributed by atoms with Gasteiger partial charge in [-0.25, -0.2) is 0 Å². The van der Waals surface area contributed by atoms with Gasteiger partial charge in [-0.2, -0.15) is 37.9 Å². The molecule has 0 saturated carbocycles. The smallest absolute Gasteiger partial charge is 0.237 e. The van der Waals surface area contributed by atoms with Crippen LogP contribution in [0.2, 0.25) is 0 Å². The molecular weight excluding hydrogens is 368 g/mol. The topological polar surface area (TPSA) is 37.4 Å². The van der Waals surface area contributed by atoms with Crippen LogP contribution in [0.15, 0.2) is 0 Å². The highest BCUT2D eigenvalue weighted by molar-refractivity contribution is 8.21. The average molecular weight is 394 g/mol. The first-order valence-electron chi connectivity index (χ1n) is 6.28. The molecule has 0 aromatic carbocycles. The maximum absolute atomic E-state index is 10.7. The average Bonchev–Trinajstić information content (AvgIpc) is 2.38. The molecule has 0 aromatic heterocycles. The van der Waals surface area contributed by atoms with Gasteiger partial charge in [0.05, 0.1) is 0 Å². The molecule has 3 nitrogen and oxygen atoms in total. The Morgan fingerprint density at radius 2 is 1.45 bits per heavy atom. The number of unbranched alkanes of at least 4 members (excludes halogenated alkanes) is 2. The highest BCUT2D eigenvalue weighted by atomic mass is 32.2. The van der Waals surface area contributed by atoms with Crippen molar-refractivity contribution in [2.24, 2.45) is 0 Å². The van der Waals surface area contributed by atoms with E-state index in [0.29, 0.717) is 24.6 Å². The van der Waals surface area contributed by atoms with Crippen molar-refractivity contribution < 1.29 is 9.59 Å². The molecule has 0 aromatic rings. The zero-order valence-electron chi connectivity index (χ0n) is 11.5. The van der Waals surface area contributed by atoms with Crippen molar-refractivity contribution in [1.82, 2.24) is 4.90 Å². The first-order chi connectivity index (χ1) is 9.49. The molecule has 0 heterocycles. The molecule has 20 heavy (non-hydrogen) atoms. The maximum Gasteiger partial charge on any atom is 0.237 e. The lowest BCUT2D eigenvalue weighted by atomic mass is 10.3. The summed E-state index contributed by atoms with van der Waals surface area (Å²) in [6, 6.07) is 0. The molecule has 1 amide bonds. The fraction of sp³-hybridized carbons (Fsp3) is 0.818. The molecular formula is C11H25NO2P2S4. The molecule has 0 spiro atoms. The second-order valence-electron chi connectivity index (χ2n) is 3.72. The number of carbonyl (C=O) groups is 2. The van der Waals surface area contributed by atoms with Gasteiger partial charge in [0.2, 0.25) is 10.5 Å². The number of rotatable bonds is 9. The standard InChI is InChI=1S/C6H13OPS2.C5H12NOPS2/c7-6(8)10-5-3-1-2-4-9;7-5(8)6(1-3-9)2-4-10/h9H,1-5,8H2;9-10H,1-4,8H2. The summed E-state index contributed by atoms with van der Waals surface area (Å²) in [7, 11) is 4.30. The second kappa shape index (κ2) is 18.4. The lowest BCUT2D eigenvalue weighted by Gasteiger charge is -2.17. The van der Waals surface area contributed by atoms with Gasteiger partial charge in [-0.05, 0) is 27.8 Å². The van der Waals surface area contributed by atoms with Crippen LogP contribution in [0.5, 0.6) is 0 Å². The van der Waals surface area contributed by atoms with Crippen molar-refractivity contribution in [3.05, 3.63) is 0 Å². The molecule has 0 fully saturated rings. The van der Waals surface area contributed by atoms with Crippen molar-refractivity contribution in [2.45, 2.75) is 19.3 Å². The number of thioether (sulfide) groups is 1. The van der Waals surface area contributed by atoms with E-state index in [1.54, 1.807) is 4.90 Å². The van der Waals surface area contributed by atoms with Crippen LogP contribution >= 0.6 is 68.1 Å². The maximum atomic E-state index is 10.7. The van der Waals surface area contributed by atoms with Gasteiger partial charge in [0, 0.05) is 30.3 Å². The Morgan fingerprint density at radius 3 is 1.80 bits per heavy atom. The largest absolute Gasteiger partial charge is 0.338 e. The third-order valence-corrected chi connectivity index (χ3v) is 4.46. The molecule has 0 aliphatic heterocycles. The molecule has 120 valence electrons. The summed E-state index contributed by atoms with van der Waals surface area (Å²) in [6.07, 6.45) is 3.48. The Labute approximate surface area is 148 Å². The zero-order chi connectivity index (χ0) is 15.8. The molecule has 9 heteroatoms. The molecule has 0 aliphatic rings. The first-order valence-corrected chi connectivity index (χ1v) is 10.3. The van der Waals surface area contributed by atoms with Gasteiger partial charge in [0.1, 0.15) is 0 Å². The van der Waals surface area contributed by atoms with Crippen LogP contribution < -0.4 is 0 Å². The highest BCUT2D eigenvalue weighted by Gasteiger charge is 2.04. The number of nitrogens with zero attached hydrogens (tertiary/aromatic N) is 1. The summed E-state index contributed by atoms with van der Waals surface area (Å²) in [5.74, 6) is 3.32. The number of amides is 1. The van der Waals surface area contributed by atoms with E-state index in [4.69, 9.17) is 0 Å². The summed E-state index contributed by atoms with van der Waals surface area (Å²) in [5, 5.41) is 0. The lowest BCUT2D eigenvalue weighted by Crippen LogP contribution is -2.29. The minimum atomic E-state index is 0.0168. The summed E-state index contributed by atoms with van der Waals surface area (Å²) in [6.45, 7) is 1.40. The molecule has 0 radical (unpaired) electrons. The van der Waals surface area contributed by atoms with E-state index in [1.807, 2.05) is 0 Å². The van der Waals surface area contributed by atoms with Gasteiger partial charge in [-0.3, -0.25) is 9.59 Å². The number of carbonyl (C=O) groups excluding carboxylic acids is 2. The Bertz CT molecular complexity index is 255. The van der Waals surface area contributed by atoms with Crippen LogP contribution in [0.1, 0.15) is 19.3 Å². The van der Waals surface area contributed by atoms with E-state index in [9.17, 15) is 9.59 Å². The number of thiol groups is 3. The quantitative estimate of drug-likeness (QED) is 0.315. The van der Waals surface area contributed by atoms with E-state index in [1.165, 1.54) is 18.2 Å². The van der Waals surface area contributed by atoms with Crippen LogP contribution in [0.3, 0.4) is 0 Å². The van der Waals surface area contributed by atoms with Gasteiger partial charge < -0.3 is 4.90 Å². The SMILES string of the molecule is O=C(P)N(CCS)CCS.O=C(P)SCCCCCS. The summed E-state index contributed by atoms with van der Waals surface area (Å²) >= 11 is 13.5. The first kappa shape index (κ1) is 23.7. The Hall–Kier alpha value is 1.40. The summed E-state index contributed by atoms with van der Waals surface area (Å²) in [4.78, 5) is 23.0. The number of hydrogen-bond donors (Lipinski definition) is 3. The van der Waals surface area contributed by atoms with Crippen LogP contribution in [0.4, 0.5) is 9.59 Å². The molecule has 0 aliphatic carbocycles. The fourth-order valence-electron chi connectivity index (χ4n) is 1.14. The molecule has 0 rings (SSSR count). The normalized spacial score (nSPS) is 9.65. The van der Waals surface area contributed by atoms with E-state index in [-0.39, 0.29) is 10.5 Å². The second-order valence-corrected chi connectivity index (χ2v) is 7.60. The minimum absolute atomic E-state index is 0.0168. The van der Waals surface area contributed by atoms with Gasteiger partial charge in [0.25, 0.3) is 0 Å². The van der Waals surface area contributed by atoms with Crippen LogP contribution in [0.25, 0.3) is 0 Å². The van der Waals surface area contributed by atoms with Crippen molar-refractivity contribution in [2.75, 3.05) is 36.1 Å². The predicted molar refractivity (Wildman–Crippen MR) is 110 cm³/mol. The molecule has 2 atom stereocenters. The predicted octanol–water partition coefficient (Wildman–Crippen LogP) is 3.96. The summed E-state index contributed by atoms with van der Waals surface area (Å²) < 4.78 is 0. The van der Waals surface area contributed by atoms with Gasteiger partial charge in [-0.15, -0.1) is 0 Å². The molecule has 0 bridgehead atoms. The highest BCUT2D eigenvalue weighted by Crippen LogP contribution is 2.12. The zero-order valence-corrected chi connectivity index (χ0v) is 17.3. The van der Waals surface area contributed by atoms with E-state index in [2.05, 4.69) is 56.4 Å². The molecule has 0 saturated heterocycles. The van der Waals surface area contributed by atoms with Crippen molar-refractivity contribution in [1.29, 1.82) is 0 Å². The van der Waals surface area contributed by atoms with Crippen molar-refractivity contribution >= 4 is 78.6 Å². The Morgan fingerprint density at radius 1 is 0.900 bits per heavy atom. The van der Waals surface area contributed by atoms with Gasteiger partial charge in [0.15, 0.2) is 0 Å². The van der Waals surface area contributed by atoms with Gasteiger partial charge in [-0.1, -0.05) is 27.4 Å². The van der Waals surface area contributed by atoms with Crippen LogP contribution in [0, 0.1) is 0 Å². The minimum Gasteiger partial charge on any atom is -0.338 e. The van der Waals surface area contributed by atoms with Gasteiger partial charge >= 0.3 is 0 Å². The third kappa shape index (κ3) is 19.4. The Kier molecular flexibility index (Phi) is 21.8. The lowest BCUT2D eigenvalue weighted by molar-refractivity contribution is 0.229. The van der Waals surface area contributed by atoms with Crippen LogP contribution in [-0.2, 0) is 0 Å². The van der Waals surface area contributed by atoms with E-state index >= 15 is 0 Å². The van der Waals surface area contributed by atoms with E-state index in [0.717, 1.165) is 24.3 Å².